The summed E-state index contributed by atoms with van der Waals surface area (Å²) in [4.78, 5) is 2.58. The zero-order valence-corrected chi connectivity index (χ0v) is 12.8. The average molecular weight is 273 g/mol. The molecule has 0 aliphatic rings. The summed E-state index contributed by atoms with van der Waals surface area (Å²) in [5, 5.41) is 0. The summed E-state index contributed by atoms with van der Waals surface area (Å²) in [6.07, 6.45) is -5.93. The number of nitrogens with one attached hydrogen (secondary N) is 1. The average Bonchev–Trinajstić information content (AvgIpc) is 1.91. The first kappa shape index (κ1) is 16.1. The Labute approximate surface area is 97.7 Å². The van der Waals surface area contributed by atoms with Crippen molar-refractivity contribution in [3.63, 3.8) is 0 Å². The van der Waals surface area contributed by atoms with Gasteiger partial charge >= 0.3 is 6.18 Å². The van der Waals surface area contributed by atoms with Crippen LogP contribution in [0.5, 0.6) is 0 Å². The molecule has 1 N–H and O–H groups in total. The second-order valence-electron chi connectivity index (χ2n) is 6.19. The number of hydrogen-bond acceptors (Lipinski definition) is 2. The quantitative estimate of drug-likeness (QED) is 0.613. The third-order valence-electron chi connectivity index (χ3n) is 1.54. The molecule has 2 nitrogen and oxygen atoms in total. The zero-order valence-electron chi connectivity index (χ0n) is 10.8. The van der Waals surface area contributed by atoms with Gasteiger partial charge in [0.05, 0.1) is 8.07 Å². The Kier molecular flexibility index (Phi) is 5.24. The van der Waals surface area contributed by atoms with Crippen molar-refractivity contribution in [3.05, 3.63) is 0 Å². The molecule has 0 aliphatic heterocycles. The van der Waals surface area contributed by atoms with E-state index in [1.807, 2.05) is 39.3 Å². The van der Waals surface area contributed by atoms with Crippen LogP contribution in [-0.2, 0) is 4.74 Å². The van der Waals surface area contributed by atoms with Gasteiger partial charge in [0.2, 0.25) is 0 Å². The standard InChI is InChI=1S/C9H22F3NOSi2/c1-15(2,3)7-14-8(9(10,11)12)13-16(4,5)6/h8,13H,7H2,1-6H3. The number of rotatable bonds is 5. The third-order valence-corrected chi connectivity index (χ3v) is 3.71. The van der Waals surface area contributed by atoms with Gasteiger partial charge in [-0.25, -0.2) is 0 Å². The fourth-order valence-corrected chi connectivity index (χ4v) is 2.64. The summed E-state index contributed by atoms with van der Waals surface area (Å²) >= 11 is 0. The summed E-state index contributed by atoms with van der Waals surface area (Å²) in [6, 6.07) is 0. The van der Waals surface area contributed by atoms with Gasteiger partial charge in [0.25, 0.3) is 0 Å². The van der Waals surface area contributed by atoms with Gasteiger partial charge in [0, 0.05) is 6.23 Å². The second-order valence-corrected chi connectivity index (χ2v) is 16.4. The van der Waals surface area contributed by atoms with Crippen LogP contribution in [0.25, 0.3) is 0 Å². The molecule has 16 heavy (non-hydrogen) atoms. The van der Waals surface area contributed by atoms with Gasteiger partial charge in [-0.15, -0.1) is 0 Å². The number of hydrogen-bond donors (Lipinski definition) is 1. The van der Waals surface area contributed by atoms with Crippen LogP contribution in [-0.4, -0.2) is 34.9 Å². The van der Waals surface area contributed by atoms with E-state index in [1.54, 1.807) is 0 Å². The van der Waals surface area contributed by atoms with Gasteiger partial charge < -0.3 is 9.72 Å². The van der Waals surface area contributed by atoms with Gasteiger partial charge in [0.15, 0.2) is 6.23 Å². The van der Waals surface area contributed by atoms with E-state index in [4.69, 9.17) is 4.74 Å². The molecule has 0 radical (unpaired) electrons. The SMILES string of the molecule is C[Si](C)(C)COC(N[Si](C)(C)C)C(F)(F)F. The van der Waals surface area contributed by atoms with E-state index in [-0.39, 0.29) is 6.23 Å². The van der Waals surface area contributed by atoms with Crippen LogP contribution in [0.4, 0.5) is 13.2 Å². The molecule has 0 saturated carbocycles. The smallest absolute Gasteiger partial charge is 0.358 e. The van der Waals surface area contributed by atoms with Crippen molar-refractivity contribution in [2.45, 2.75) is 51.7 Å². The minimum Gasteiger partial charge on any atom is -0.358 e. The highest BCUT2D eigenvalue weighted by molar-refractivity contribution is 6.76. The lowest BCUT2D eigenvalue weighted by Gasteiger charge is -2.30. The monoisotopic (exact) mass is 273 g/mol. The number of ether oxygens (including phenoxy) is 1. The molecule has 1 unspecified atom stereocenters. The molecule has 98 valence electrons. The molecule has 1 atom stereocenters. The van der Waals surface area contributed by atoms with E-state index in [1.165, 1.54) is 0 Å². The Morgan fingerprint density at radius 1 is 1.06 bits per heavy atom. The van der Waals surface area contributed by atoms with Crippen LogP contribution in [0.3, 0.4) is 0 Å². The van der Waals surface area contributed by atoms with Crippen molar-refractivity contribution in [2.75, 3.05) is 6.23 Å². The molecule has 0 amide bonds. The van der Waals surface area contributed by atoms with Crippen LogP contribution >= 0.6 is 0 Å². The van der Waals surface area contributed by atoms with Crippen LogP contribution in [0.2, 0.25) is 39.3 Å². The van der Waals surface area contributed by atoms with E-state index >= 15 is 0 Å². The van der Waals surface area contributed by atoms with Crippen LogP contribution in [0.15, 0.2) is 0 Å². The fraction of sp³-hybridized carbons (Fsp3) is 1.00. The molecular formula is C9H22F3NOSi2. The molecule has 0 heterocycles. The van der Waals surface area contributed by atoms with Crippen molar-refractivity contribution < 1.29 is 17.9 Å². The molecule has 0 fully saturated rings. The zero-order chi connectivity index (χ0) is 13.2. The highest BCUT2D eigenvalue weighted by Crippen LogP contribution is 2.23. The Balaban J connectivity index is 4.47. The normalized spacial score (nSPS) is 16.3. The maximum atomic E-state index is 12.7. The number of alkyl halides is 3. The Hall–Kier alpha value is 0.144. The Bertz CT molecular complexity index is 220. The van der Waals surface area contributed by atoms with Gasteiger partial charge in [-0.3, -0.25) is 0 Å². The molecule has 0 rings (SSSR count). The molecule has 0 aliphatic carbocycles. The Morgan fingerprint density at radius 3 is 1.75 bits per heavy atom. The molecule has 0 aromatic rings. The largest absolute Gasteiger partial charge is 0.427 e. The van der Waals surface area contributed by atoms with Crippen molar-refractivity contribution in [1.29, 1.82) is 0 Å². The lowest BCUT2D eigenvalue weighted by molar-refractivity contribution is -0.220. The predicted molar refractivity (Wildman–Crippen MR) is 65.6 cm³/mol. The minimum atomic E-state index is -4.33. The van der Waals surface area contributed by atoms with Crippen molar-refractivity contribution in [3.8, 4) is 0 Å². The minimum absolute atomic E-state index is 0.217. The molecule has 0 aromatic heterocycles. The van der Waals surface area contributed by atoms with Gasteiger partial charge in [-0.1, -0.05) is 39.3 Å². The van der Waals surface area contributed by atoms with Crippen LogP contribution in [0, 0.1) is 0 Å². The first-order valence-electron chi connectivity index (χ1n) is 5.27. The third kappa shape index (κ3) is 8.31. The van der Waals surface area contributed by atoms with Crippen molar-refractivity contribution in [2.24, 2.45) is 0 Å². The maximum absolute atomic E-state index is 12.7. The van der Waals surface area contributed by atoms with Gasteiger partial charge in [0.1, 0.15) is 8.24 Å². The highest BCUT2D eigenvalue weighted by Gasteiger charge is 2.43. The summed E-state index contributed by atoms with van der Waals surface area (Å²) in [5.41, 5.74) is 0. The lowest BCUT2D eigenvalue weighted by atomic mass is 10.6. The molecule has 0 spiro atoms. The van der Waals surface area contributed by atoms with Gasteiger partial charge in [-0.05, 0) is 0 Å². The summed E-state index contributed by atoms with van der Waals surface area (Å²) in [7, 11) is -3.63. The maximum Gasteiger partial charge on any atom is 0.427 e. The lowest BCUT2D eigenvalue weighted by Crippen LogP contribution is -2.56. The predicted octanol–water partition coefficient (Wildman–Crippen LogP) is 3.19. The topological polar surface area (TPSA) is 21.3 Å². The fourth-order valence-electron chi connectivity index (χ4n) is 0.945. The first-order chi connectivity index (χ1) is 6.81. The summed E-state index contributed by atoms with van der Waals surface area (Å²) in [6.45, 7) is 11.4. The van der Waals surface area contributed by atoms with Crippen LogP contribution < -0.4 is 4.98 Å². The molecule has 7 heteroatoms. The Morgan fingerprint density at radius 2 is 1.50 bits per heavy atom. The molecule has 0 aromatic carbocycles. The summed E-state index contributed by atoms with van der Waals surface area (Å²) in [5.74, 6) is 0. The van der Waals surface area contributed by atoms with Crippen molar-refractivity contribution in [1.82, 2.24) is 4.98 Å². The highest BCUT2D eigenvalue weighted by atomic mass is 28.3. The summed E-state index contributed by atoms with van der Waals surface area (Å²) < 4.78 is 43.0. The van der Waals surface area contributed by atoms with E-state index in [0.717, 1.165) is 0 Å². The first-order valence-corrected chi connectivity index (χ1v) is 12.5. The molecule has 0 saturated heterocycles. The van der Waals surface area contributed by atoms with E-state index in [0.29, 0.717) is 0 Å². The van der Waals surface area contributed by atoms with Crippen molar-refractivity contribution >= 4 is 16.3 Å². The van der Waals surface area contributed by atoms with Gasteiger partial charge in [-0.2, -0.15) is 13.2 Å². The van der Waals surface area contributed by atoms with E-state index in [2.05, 4.69) is 4.98 Å². The molecule has 0 bridgehead atoms. The van der Waals surface area contributed by atoms with E-state index < -0.39 is 28.7 Å². The molecular weight excluding hydrogens is 251 g/mol. The number of halogens is 3. The second kappa shape index (κ2) is 5.20. The van der Waals surface area contributed by atoms with E-state index in [9.17, 15) is 13.2 Å². The van der Waals surface area contributed by atoms with Crippen LogP contribution in [0.1, 0.15) is 0 Å².